The first-order valence-corrected chi connectivity index (χ1v) is 7.54. The number of ether oxygens (including phenoxy) is 1. The average Bonchev–Trinajstić information content (AvgIpc) is 2.66. The molecule has 1 aromatic carbocycles. The molecule has 114 valence electrons. The maximum Gasteiger partial charge on any atom is 0.309 e. The molecule has 0 saturated heterocycles. The van der Waals surface area contributed by atoms with Crippen molar-refractivity contribution in [3.63, 3.8) is 0 Å². The van der Waals surface area contributed by atoms with Crippen LogP contribution in [0.5, 0.6) is 0 Å². The number of esters is 1. The van der Waals surface area contributed by atoms with Gasteiger partial charge in [0.15, 0.2) is 0 Å². The van der Waals surface area contributed by atoms with Gasteiger partial charge in [0, 0.05) is 0 Å². The second-order valence-corrected chi connectivity index (χ2v) is 6.43. The number of halogens is 1. The molecule has 3 nitrogen and oxygen atoms in total. The summed E-state index contributed by atoms with van der Waals surface area (Å²) < 4.78 is 18.1. The lowest BCUT2D eigenvalue weighted by atomic mass is 9.65. The van der Waals surface area contributed by atoms with Crippen LogP contribution in [0.2, 0.25) is 0 Å². The average molecular weight is 292 g/mol. The second kappa shape index (κ2) is 5.41. The van der Waals surface area contributed by atoms with Crippen molar-refractivity contribution < 1.29 is 19.0 Å². The number of hydrogen-bond acceptors (Lipinski definition) is 3. The number of aliphatic hydroxyl groups is 1. The topological polar surface area (TPSA) is 46.5 Å². The molecule has 2 saturated carbocycles. The zero-order valence-corrected chi connectivity index (χ0v) is 12.3. The van der Waals surface area contributed by atoms with Crippen LogP contribution in [0.4, 0.5) is 4.39 Å². The van der Waals surface area contributed by atoms with Crippen molar-refractivity contribution in [2.45, 2.75) is 31.8 Å². The largest absolute Gasteiger partial charge is 0.469 e. The molecule has 4 heteroatoms. The SMILES string of the molecule is COC(=O)[C@H]1[C@H](c2ccc(F)cc2)C[C@H]2C(C)[C@@H]1C[C@@H]2O. The molecule has 1 unspecified atom stereocenters. The van der Waals surface area contributed by atoms with Crippen LogP contribution in [-0.4, -0.2) is 24.3 Å². The van der Waals surface area contributed by atoms with E-state index in [0.29, 0.717) is 12.3 Å². The van der Waals surface area contributed by atoms with E-state index < -0.39 is 0 Å². The van der Waals surface area contributed by atoms with Crippen LogP contribution in [0.25, 0.3) is 0 Å². The van der Waals surface area contributed by atoms with E-state index in [9.17, 15) is 14.3 Å². The van der Waals surface area contributed by atoms with Crippen LogP contribution in [0, 0.1) is 29.5 Å². The van der Waals surface area contributed by atoms with Crippen molar-refractivity contribution in [1.82, 2.24) is 0 Å². The molecule has 0 radical (unpaired) electrons. The molecule has 0 aliphatic heterocycles. The third-order valence-electron chi connectivity index (χ3n) is 5.55. The summed E-state index contributed by atoms with van der Waals surface area (Å²) >= 11 is 0. The first-order chi connectivity index (χ1) is 10.0. The van der Waals surface area contributed by atoms with E-state index in [-0.39, 0.29) is 41.6 Å². The molecule has 0 amide bonds. The Balaban J connectivity index is 1.97. The zero-order chi connectivity index (χ0) is 15.1. The Morgan fingerprint density at radius 2 is 1.90 bits per heavy atom. The second-order valence-electron chi connectivity index (χ2n) is 6.43. The van der Waals surface area contributed by atoms with E-state index in [0.717, 1.165) is 12.0 Å². The zero-order valence-electron chi connectivity index (χ0n) is 12.3. The van der Waals surface area contributed by atoms with Crippen molar-refractivity contribution in [3.8, 4) is 0 Å². The van der Waals surface area contributed by atoms with Crippen LogP contribution >= 0.6 is 0 Å². The Bertz CT molecular complexity index is 527. The lowest BCUT2D eigenvalue weighted by Gasteiger charge is -2.39. The minimum Gasteiger partial charge on any atom is -0.469 e. The highest BCUT2D eigenvalue weighted by Crippen LogP contribution is 2.55. The molecular formula is C17H21FO3. The Hall–Kier alpha value is -1.42. The molecule has 6 atom stereocenters. The molecule has 2 aliphatic carbocycles. The molecule has 0 spiro atoms. The quantitative estimate of drug-likeness (QED) is 0.853. The Morgan fingerprint density at radius 1 is 1.24 bits per heavy atom. The molecule has 0 heterocycles. The van der Waals surface area contributed by atoms with Gasteiger partial charge < -0.3 is 9.84 Å². The predicted octanol–water partition coefficient (Wildman–Crippen LogP) is 2.74. The maximum absolute atomic E-state index is 13.1. The molecule has 2 fully saturated rings. The first kappa shape index (κ1) is 14.5. The summed E-state index contributed by atoms with van der Waals surface area (Å²) in [5, 5.41) is 10.2. The van der Waals surface area contributed by atoms with Gasteiger partial charge in [0.1, 0.15) is 5.82 Å². The summed E-state index contributed by atoms with van der Waals surface area (Å²) in [6, 6.07) is 6.36. The van der Waals surface area contributed by atoms with Crippen LogP contribution in [0.3, 0.4) is 0 Å². The summed E-state index contributed by atoms with van der Waals surface area (Å²) in [5.41, 5.74) is 0.961. The number of rotatable bonds is 2. The van der Waals surface area contributed by atoms with Gasteiger partial charge in [-0.25, -0.2) is 4.39 Å². The lowest BCUT2D eigenvalue weighted by Crippen LogP contribution is -2.38. The number of methoxy groups -OCH3 is 1. The molecule has 0 aromatic heterocycles. The van der Waals surface area contributed by atoms with Gasteiger partial charge in [0.25, 0.3) is 0 Å². The van der Waals surface area contributed by atoms with Crippen molar-refractivity contribution in [1.29, 1.82) is 0 Å². The monoisotopic (exact) mass is 292 g/mol. The fourth-order valence-electron chi connectivity index (χ4n) is 4.45. The standard InChI is InChI=1S/C17H21FO3/c1-9-12-7-14(10-3-5-11(18)6-4-10)16(17(20)21-2)13(9)8-15(12)19/h3-6,9,12-16,19H,7-8H2,1-2H3/t9?,12-,13-,14-,15-,16+/m0/s1. The van der Waals surface area contributed by atoms with Crippen LogP contribution in [0.15, 0.2) is 24.3 Å². The summed E-state index contributed by atoms with van der Waals surface area (Å²) in [6.07, 6.45) is 1.07. The molecule has 1 aromatic rings. The third kappa shape index (κ3) is 2.35. The highest BCUT2D eigenvalue weighted by atomic mass is 19.1. The number of aliphatic hydroxyl groups excluding tert-OH is 1. The van der Waals surface area contributed by atoms with Gasteiger partial charge in [-0.15, -0.1) is 0 Å². The van der Waals surface area contributed by atoms with Crippen LogP contribution < -0.4 is 0 Å². The molecular weight excluding hydrogens is 271 g/mol. The smallest absolute Gasteiger partial charge is 0.309 e. The fraction of sp³-hybridized carbons (Fsp3) is 0.588. The molecule has 21 heavy (non-hydrogen) atoms. The van der Waals surface area contributed by atoms with Crippen molar-refractivity contribution in [2.75, 3.05) is 7.11 Å². The van der Waals surface area contributed by atoms with Gasteiger partial charge in [-0.05, 0) is 54.2 Å². The van der Waals surface area contributed by atoms with Gasteiger partial charge in [0.2, 0.25) is 0 Å². The minimum absolute atomic E-state index is 0.00130. The van der Waals surface area contributed by atoms with Gasteiger partial charge in [0.05, 0.1) is 19.1 Å². The molecule has 2 bridgehead atoms. The summed E-state index contributed by atoms with van der Waals surface area (Å²) in [4.78, 5) is 12.3. The number of hydrogen-bond donors (Lipinski definition) is 1. The van der Waals surface area contributed by atoms with E-state index in [2.05, 4.69) is 6.92 Å². The van der Waals surface area contributed by atoms with E-state index in [1.807, 2.05) is 0 Å². The third-order valence-corrected chi connectivity index (χ3v) is 5.55. The number of carbonyl (C=O) groups is 1. The first-order valence-electron chi connectivity index (χ1n) is 7.54. The van der Waals surface area contributed by atoms with Gasteiger partial charge in [-0.2, -0.15) is 0 Å². The fourth-order valence-corrected chi connectivity index (χ4v) is 4.45. The van der Waals surface area contributed by atoms with Gasteiger partial charge >= 0.3 is 5.97 Å². The summed E-state index contributed by atoms with van der Waals surface area (Å²) in [7, 11) is 1.41. The van der Waals surface area contributed by atoms with E-state index in [4.69, 9.17) is 4.74 Å². The Kier molecular flexibility index (Phi) is 3.74. The molecule has 2 aliphatic rings. The van der Waals surface area contributed by atoms with Crippen molar-refractivity contribution in [2.24, 2.45) is 23.7 Å². The highest BCUT2D eigenvalue weighted by molar-refractivity contribution is 5.74. The minimum atomic E-state index is -0.345. The number of benzene rings is 1. The lowest BCUT2D eigenvalue weighted by molar-refractivity contribution is -0.150. The highest BCUT2D eigenvalue weighted by Gasteiger charge is 2.53. The van der Waals surface area contributed by atoms with Gasteiger partial charge in [-0.3, -0.25) is 4.79 Å². The van der Waals surface area contributed by atoms with E-state index in [1.165, 1.54) is 19.2 Å². The Labute approximate surface area is 124 Å². The summed E-state index contributed by atoms with van der Waals surface area (Å²) in [6.45, 7) is 2.11. The van der Waals surface area contributed by atoms with Crippen molar-refractivity contribution in [3.05, 3.63) is 35.6 Å². The van der Waals surface area contributed by atoms with Crippen molar-refractivity contribution >= 4 is 5.97 Å². The number of carbonyl (C=O) groups excluding carboxylic acids is 1. The predicted molar refractivity (Wildman–Crippen MR) is 76.0 cm³/mol. The van der Waals surface area contributed by atoms with Crippen LogP contribution in [-0.2, 0) is 9.53 Å². The Morgan fingerprint density at radius 3 is 2.52 bits per heavy atom. The van der Waals surface area contributed by atoms with E-state index in [1.54, 1.807) is 12.1 Å². The molecule has 3 rings (SSSR count). The summed E-state index contributed by atoms with van der Waals surface area (Å²) in [5.74, 6) is -0.0625. The van der Waals surface area contributed by atoms with Gasteiger partial charge in [-0.1, -0.05) is 19.1 Å². The van der Waals surface area contributed by atoms with Crippen LogP contribution in [0.1, 0.15) is 31.2 Å². The maximum atomic E-state index is 13.1. The van der Waals surface area contributed by atoms with E-state index >= 15 is 0 Å². The number of fused-ring (bicyclic) bond motifs is 2. The molecule has 1 N–H and O–H groups in total. The normalized spacial score (nSPS) is 38.3.